The molecule has 0 aliphatic rings. The maximum absolute atomic E-state index is 13.0. The van der Waals surface area contributed by atoms with E-state index >= 15 is 0 Å². The highest BCUT2D eigenvalue weighted by Gasteiger charge is 2.28. The largest absolute Gasteiger partial charge is 0.497 e. The highest BCUT2D eigenvalue weighted by molar-refractivity contribution is 6.31. The lowest BCUT2D eigenvalue weighted by Crippen LogP contribution is -2.46. The molecule has 3 aromatic carbocycles. The molecule has 0 saturated carbocycles. The summed E-state index contributed by atoms with van der Waals surface area (Å²) in [6.45, 7) is 3.56. The molecule has 0 aromatic heterocycles. The highest BCUT2D eigenvalue weighted by atomic mass is 35.5. The fourth-order valence-electron chi connectivity index (χ4n) is 3.20. The Hall–Kier alpha value is -4.04. The van der Waals surface area contributed by atoms with Crippen LogP contribution in [0, 0.1) is 5.92 Å². The minimum atomic E-state index is -1.01. The third-order valence-electron chi connectivity index (χ3n) is 5.15. The van der Waals surface area contributed by atoms with Crippen molar-refractivity contribution >= 4 is 35.3 Å². The third-order valence-corrected chi connectivity index (χ3v) is 5.39. The molecule has 8 nitrogen and oxygen atoms in total. The Bertz CT molecular complexity index is 1200. The number of nitrogens with one attached hydrogen (secondary N) is 2. The summed E-state index contributed by atoms with van der Waals surface area (Å²) >= 11 is 6.10. The number of hydrogen-bond acceptors (Lipinski definition) is 6. The van der Waals surface area contributed by atoms with Crippen LogP contribution >= 0.6 is 11.6 Å². The van der Waals surface area contributed by atoms with E-state index in [1.165, 1.54) is 18.2 Å². The van der Waals surface area contributed by atoms with E-state index in [4.69, 9.17) is 25.8 Å². The number of amides is 2. The van der Waals surface area contributed by atoms with Crippen LogP contribution < -0.4 is 20.1 Å². The van der Waals surface area contributed by atoms with Gasteiger partial charge in [-0.3, -0.25) is 4.79 Å². The normalized spacial score (nSPS) is 11.4. The third kappa shape index (κ3) is 7.48. The Kier molecular flexibility index (Phi) is 9.30. The van der Waals surface area contributed by atoms with E-state index in [-0.39, 0.29) is 28.9 Å². The van der Waals surface area contributed by atoms with E-state index in [0.717, 1.165) is 5.56 Å². The smallest absolute Gasteiger partial charge is 0.408 e. The number of carbonyl (C=O) groups is 3. The number of alkyl carbamates (subject to hydrolysis) is 1. The molecule has 2 amide bonds. The number of halogens is 1. The van der Waals surface area contributed by atoms with Gasteiger partial charge in [0.1, 0.15) is 24.1 Å². The van der Waals surface area contributed by atoms with E-state index in [0.29, 0.717) is 11.4 Å². The second-order valence-electron chi connectivity index (χ2n) is 8.17. The number of ether oxygens (including phenoxy) is 3. The van der Waals surface area contributed by atoms with Crippen LogP contribution in [0.4, 0.5) is 10.5 Å². The average Bonchev–Trinajstić information content (AvgIpc) is 2.87. The molecule has 0 spiro atoms. The molecule has 0 saturated heterocycles. The second kappa shape index (κ2) is 12.6. The van der Waals surface area contributed by atoms with Crippen molar-refractivity contribution in [1.82, 2.24) is 5.32 Å². The number of methoxy groups -OCH3 is 1. The minimum absolute atomic E-state index is 0.000476. The molecule has 9 heteroatoms. The molecule has 0 radical (unpaired) electrons. The SMILES string of the molecule is COc1ccc(NC(=O)c2cc(Cl)ccc2OC(=O)[C@@H](NC(=O)OCc2ccccc2)C(C)C)cc1. The summed E-state index contributed by atoms with van der Waals surface area (Å²) in [7, 11) is 1.54. The van der Waals surface area contributed by atoms with Gasteiger partial charge in [0, 0.05) is 10.7 Å². The van der Waals surface area contributed by atoms with E-state index in [2.05, 4.69) is 10.6 Å². The van der Waals surface area contributed by atoms with Crippen molar-refractivity contribution in [1.29, 1.82) is 0 Å². The van der Waals surface area contributed by atoms with Crippen molar-refractivity contribution in [2.45, 2.75) is 26.5 Å². The van der Waals surface area contributed by atoms with Gasteiger partial charge in [-0.2, -0.15) is 0 Å². The molecule has 3 aromatic rings. The summed E-state index contributed by atoms with van der Waals surface area (Å²) in [6, 6.07) is 19.2. The molecular formula is C27H27ClN2O6. The number of carbonyl (C=O) groups excluding carboxylic acids is 3. The van der Waals surface area contributed by atoms with Crippen molar-refractivity contribution in [2.24, 2.45) is 5.92 Å². The molecule has 3 rings (SSSR count). The zero-order valence-corrected chi connectivity index (χ0v) is 20.9. The molecule has 0 aliphatic carbocycles. The van der Waals surface area contributed by atoms with E-state index in [9.17, 15) is 14.4 Å². The van der Waals surface area contributed by atoms with Crippen molar-refractivity contribution < 1.29 is 28.6 Å². The monoisotopic (exact) mass is 510 g/mol. The quantitative estimate of drug-likeness (QED) is 0.293. The maximum Gasteiger partial charge on any atom is 0.408 e. The van der Waals surface area contributed by atoms with Crippen molar-refractivity contribution in [3.8, 4) is 11.5 Å². The van der Waals surface area contributed by atoms with Gasteiger partial charge in [-0.1, -0.05) is 55.8 Å². The molecule has 2 N–H and O–H groups in total. The first kappa shape index (κ1) is 26.6. The van der Waals surface area contributed by atoms with Crippen LogP contribution in [-0.2, 0) is 16.1 Å². The second-order valence-corrected chi connectivity index (χ2v) is 8.61. The number of hydrogen-bond donors (Lipinski definition) is 2. The molecule has 0 aliphatic heterocycles. The molecular weight excluding hydrogens is 484 g/mol. The number of anilines is 1. The topological polar surface area (TPSA) is 103 Å². The summed E-state index contributed by atoms with van der Waals surface area (Å²) < 4.78 is 15.9. The van der Waals surface area contributed by atoms with Crippen LogP contribution in [0.2, 0.25) is 5.02 Å². The zero-order chi connectivity index (χ0) is 26.1. The van der Waals surface area contributed by atoms with Gasteiger partial charge in [-0.15, -0.1) is 0 Å². The minimum Gasteiger partial charge on any atom is -0.497 e. The van der Waals surface area contributed by atoms with E-state index < -0.39 is 24.0 Å². The Labute approximate surface area is 214 Å². The average molecular weight is 511 g/mol. The zero-order valence-electron chi connectivity index (χ0n) is 20.1. The molecule has 1 atom stereocenters. The lowest BCUT2D eigenvalue weighted by atomic mass is 10.0. The molecule has 36 heavy (non-hydrogen) atoms. The van der Waals surface area contributed by atoms with Gasteiger partial charge in [0.05, 0.1) is 12.7 Å². The van der Waals surface area contributed by atoms with E-state index in [1.807, 2.05) is 30.3 Å². The highest BCUT2D eigenvalue weighted by Crippen LogP contribution is 2.25. The number of rotatable bonds is 9. The fourth-order valence-corrected chi connectivity index (χ4v) is 3.37. The maximum atomic E-state index is 13.0. The molecule has 0 fully saturated rings. The van der Waals surface area contributed by atoms with Gasteiger partial charge in [-0.05, 0) is 53.9 Å². The van der Waals surface area contributed by atoms with E-state index in [1.54, 1.807) is 45.2 Å². The summed E-state index contributed by atoms with van der Waals surface area (Å²) in [6.07, 6.45) is -0.761. The Morgan fingerprint density at radius 1 is 0.944 bits per heavy atom. The summed E-state index contributed by atoms with van der Waals surface area (Å²) in [5, 5.41) is 5.57. The van der Waals surface area contributed by atoms with Crippen LogP contribution in [-0.4, -0.2) is 31.1 Å². The predicted octanol–water partition coefficient (Wildman–Crippen LogP) is 5.46. The van der Waals surface area contributed by atoms with Gasteiger partial charge in [0.2, 0.25) is 0 Å². The lowest BCUT2D eigenvalue weighted by Gasteiger charge is -2.21. The van der Waals surface area contributed by atoms with Crippen molar-refractivity contribution in [3.63, 3.8) is 0 Å². The first-order valence-electron chi connectivity index (χ1n) is 11.2. The van der Waals surface area contributed by atoms with Crippen LogP contribution in [0.15, 0.2) is 72.8 Å². The summed E-state index contributed by atoms with van der Waals surface area (Å²) in [4.78, 5) is 38.2. The molecule has 0 bridgehead atoms. The van der Waals surface area contributed by atoms with Gasteiger partial charge in [-0.25, -0.2) is 9.59 Å². The molecule has 0 unspecified atom stereocenters. The van der Waals surface area contributed by atoms with Gasteiger partial charge >= 0.3 is 12.1 Å². The predicted molar refractivity (Wildman–Crippen MR) is 136 cm³/mol. The van der Waals surface area contributed by atoms with Crippen molar-refractivity contribution in [2.75, 3.05) is 12.4 Å². The van der Waals surface area contributed by atoms with Gasteiger partial charge in [0.15, 0.2) is 0 Å². The van der Waals surface area contributed by atoms with Crippen LogP contribution in [0.3, 0.4) is 0 Å². The lowest BCUT2D eigenvalue weighted by molar-refractivity contribution is -0.137. The standard InChI is InChI=1S/C27H27ClN2O6/c1-17(2)24(30-27(33)35-16-18-7-5-4-6-8-18)26(32)36-23-14-9-19(28)15-22(23)25(31)29-20-10-12-21(34-3)13-11-20/h4-15,17,24H,16H2,1-3H3,(H,29,31)(H,30,33)/t24-/m0/s1. The van der Waals surface area contributed by atoms with Gasteiger partial charge in [0.25, 0.3) is 5.91 Å². The van der Waals surface area contributed by atoms with Crippen molar-refractivity contribution in [3.05, 3.63) is 88.9 Å². The Balaban J connectivity index is 1.69. The fraction of sp³-hybridized carbons (Fsp3) is 0.222. The molecule has 0 heterocycles. The first-order chi connectivity index (χ1) is 17.3. The Morgan fingerprint density at radius 2 is 1.64 bits per heavy atom. The van der Waals surface area contributed by atoms with Crippen LogP contribution in [0.5, 0.6) is 11.5 Å². The van der Waals surface area contributed by atoms with Crippen LogP contribution in [0.1, 0.15) is 29.8 Å². The Morgan fingerprint density at radius 3 is 2.28 bits per heavy atom. The summed E-state index contributed by atoms with van der Waals surface area (Å²) in [5.41, 5.74) is 1.38. The van der Waals surface area contributed by atoms with Gasteiger partial charge < -0.3 is 24.8 Å². The van der Waals surface area contributed by atoms with Crippen LogP contribution in [0.25, 0.3) is 0 Å². The number of benzene rings is 3. The first-order valence-corrected chi connectivity index (χ1v) is 11.6. The summed E-state index contributed by atoms with van der Waals surface area (Å²) in [5.74, 6) is -0.949. The number of esters is 1. The molecule has 188 valence electrons.